The molecule has 0 atom stereocenters. The van der Waals surface area contributed by atoms with Gasteiger partial charge in [0.05, 0.1) is 13.6 Å². The van der Waals surface area contributed by atoms with E-state index in [-0.39, 0.29) is 9.13 Å². The fourth-order valence-electron chi connectivity index (χ4n) is 3.47. The monoisotopic (exact) mass is 424 g/mol. The maximum atomic E-state index is 12.4. The first kappa shape index (κ1) is 8.99. The number of benzene rings is 1. The zero-order valence-corrected chi connectivity index (χ0v) is 14.8. The molecule has 0 saturated heterocycles. The molecule has 4 rings (SSSR count). The van der Waals surface area contributed by atoms with Crippen LogP contribution in [0, 0.1) is 0 Å². The van der Waals surface area contributed by atoms with Crippen LogP contribution in [0.25, 0.3) is 34.4 Å². The number of aromatic nitrogens is 2. The van der Waals surface area contributed by atoms with Crippen molar-refractivity contribution in [3.63, 3.8) is 0 Å². The second-order valence-corrected chi connectivity index (χ2v) is 6.44. The van der Waals surface area contributed by atoms with Crippen LogP contribution in [-0.4, -0.2) is 41.1 Å². The van der Waals surface area contributed by atoms with Crippen molar-refractivity contribution in [1.29, 1.82) is 0 Å². The van der Waals surface area contributed by atoms with Gasteiger partial charge in [0.1, 0.15) is 11.4 Å². The van der Waals surface area contributed by atoms with E-state index in [0.29, 0.717) is 24.3 Å². The van der Waals surface area contributed by atoms with Gasteiger partial charge in [0.25, 0.3) is 0 Å². The van der Waals surface area contributed by atoms with Gasteiger partial charge in [-0.3, -0.25) is 9.59 Å². The molecule has 30 heavy (non-hydrogen) atoms. The Morgan fingerprint density at radius 3 is 2.07 bits per heavy atom. The number of phenols is 2. The Labute approximate surface area is 190 Å². The molecule has 0 unspecified atom stereocenters. The third kappa shape index (κ3) is 2.53. The summed E-state index contributed by atoms with van der Waals surface area (Å²) in [5, 5.41) is 40.9. The summed E-state index contributed by atoms with van der Waals surface area (Å²) in [4.78, 5) is 24.7. The molecule has 1 aliphatic rings. The minimum absolute atomic E-state index is 0.0160. The molecule has 0 aliphatic heterocycles. The smallest absolute Gasteiger partial charge is 0.227 e. The number of hydrogen-bond donors (Lipinski definition) is 4. The van der Waals surface area contributed by atoms with Crippen molar-refractivity contribution in [3.05, 3.63) is 22.7 Å². The van der Waals surface area contributed by atoms with E-state index in [1.54, 1.807) is 0 Å². The van der Waals surface area contributed by atoms with E-state index in [1.165, 1.54) is 0 Å². The molecule has 0 spiro atoms. The molecule has 2 heterocycles. The van der Waals surface area contributed by atoms with E-state index in [1.807, 2.05) is 0 Å². The molecule has 0 saturated carbocycles. The highest BCUT2D eigenvalue weighted by Gasteiger charge is 2.30. The lowest BCUT2D eigenvalue weighted by atomic mass is 10.1. The van der Waals surface area contributed by atoms with E-state index >= 15 is 0 Å². The first-order valence-electron chi connectivity index (χ1n) is 15.2. The van der Waals surface area contributed by atoms with Crippen LogP contribution in [-0.2, 0) is 9.59 Å². The van der Waals surface area contributed by atoms with Crippen LogP contribution in [0.15, 0.2) is 12.1 Å². The molecule has 156 valence electrons. The Morgan fingerprint density at radius 1 is 0.833 bits per heavy atom. The number of aromatic hydroxyl groups is 4. The number of carbonyl (C=O) groups excluding carboxylic acids is 2. The summed E-state index contributed by atoms with van der Waals surface area (Å²) in [5.41, 5.74) is -3.35. The largest absolute Gasteiger partial charge is 0.505 e. The molecular formula is C22H22N2O6. The molecule has 0 fully saturated rings. The van der Waals surface area contributed by atoms with Crippen molar-refractivity contribution >= 4 is 34.6 Å². The van der Waals surface area contributed by atoms with Gasteiger partial charge in [-0.25, -0.2) is 0 Å². The summed E-state index contributed by atoms with van der Waals surface area (Å²) in [6.45, 7) is -15.5. The lowest BCUT2D eigenvalue weighted by Crippen LogP contribution is -2.37. The van der Waals surface area contributed by atoms with Crippen molar-refractivity contribution in [1.82, 2.24) is 9.13 Å². The Balaban J connectivity index is 2.49. The first-order chi connectivity index (χ1) is 19.6. The summed E-state index contributed by atoms with van der Waals surface area (Å²) in [5.74, 6) is -7.21. The number of fused-ring (bicyclic) bond motifs is 2. The van der Waals surface area contributed by atoms with Gasteiger partial charge < -0.3 is 29.6 Å². The molecule has 8 heteroatoms. The Kier molecular flexibility index (Phi) is 1.92. The average Bonchev–Trinajstić information content (AvgIpc) is 3.26. The predicted molar refractivity (Wildman–Crippen MR) is 111 cm³/mol. The van der Waals surface area contributed by atoms with Crippen LogP contribution in [0.2, 0.25) is 0 Å². The second-order valence-electron chi connectivity index (χ2n) is 6.44. The van der Waals surface area contributed by atoms with Gasteiger partial charge in [-0.05, 0) is 33.5 Å². The van der Waals surface area contributed by atoms with E-state index in [0.717, 1.165) is 0 Å². The number of Topliss-reactive ketones (excluding diaryl/α,β-unsaturated/α-hetero) is 2. The van der Waals surface area contributed by atoms with E-state index in [4.69, 9.17) is 19.2 Å². The van der Waals surface area contributed by atoms with Crippen LogP contribution in [0.1, 0.15) is 58.6 Å². The number of rotatable bonds is 3. The fraction of sp³-hybridized carbons (Fsp3) is 0.273. The third-order valence-corrected chi connectivity index (χ3v) is 4.71. The highest BCUT2D eigenvalue weighted by Crippen LogP contribution is 2.46. The predicted octanol–water partition coefficient (Wildman–Crippen LogP) is 1.81. The fourth-order valence-corrected chi connectivity index (χ4v) is 3.47. The highest BCUT2D eigenvalue weighted by molar-refractivity contribution is 6.57. The molecule has 4 N–H and O–H groups in total. The number of phenolic OH excluding ortho intramolecular Hbond substituents is 2. The van der Waals surface area contributed by atoms with E-state index in [9.17, 15) is 30.0 Å². The van der Waals surface area contributed by atoms with Gasteiger partial charge >= 0.3 is 0 Å². The molecule has 8 nitrogen and oxygen atoms in total. The van der Waals surface area contributed by atoms with Crippen LogP contribution < -0.4 is 10.6 Å². The van der Waals surface area contributed by atoms with Gasteiger partial charge in [0, 0.05) is 57.3 Å². The number of carbonyl (C=O) groups is 2. The molecule has 0 radical (unpaired) electrons. The van der Waals surface area contributed by atoms with Crippen molar-refractivity contribution in [3.8, 4) is 34.4 Å². The van der Waals surface area contributed by atoms with E-state index < -0.39 is 107 Å². The summed E-state index contributed by atoms with van der Waals surface area (Å²) in [6.07, 6.45) is 0.848. The van der Waals surface area contributed by atoms with Crippen LogP contribution in [0.3, 0.4) is 0 Å². The van der Waals surface area contributed by atoms with Gasteiger partial charge in [0.15, 0.2) is 23.0 Å². The second kappa shape index (κ2) is 6.41. The van der Waals surface area contributed by atoms with Gasteiger partial charge in [-0.15, -0.1) is 0 Å². The Hall–Kier alpha value is -3.68. The minimum atomic E-state index is -3.91. The lowest BCUT2D eigenvalue weighted by Gasteiger charge is -2.19. The third-order valence-electron chi connectivity index (χ3n) is 4.71. The number of hydrogen-bond acceptors (Lipinski definition) is 6. The number of nitrogens with zero attached hydrogens (tertiary/aromatic N) is 2. The molecular weight excluding hydrogens is 388 g/mol. The standard InChI is InChI=1S/C22H22N2O6/c1-9(2)23-13-7-17(27)15(25)5-11(13)21(29)19(23)20-22(30)12-6-16(26)18(28)8-14(12)24(20)10(3)4/h5-10,25,27,29-30H,1-4H3/i1D3,2D3,3D3,4D3,9D,10D. The van der Waals surface area contributed by atoms with Crippen LogP contribution >= 0.6 is 0 Å². The van der Waals surface area contributed by atoms with Crippen LogP contribution in [0.4, 0.5) is 0 Å². The quantitative estimate of drug-likeness (QED) is 0.375. The Bertz CT molecular complexity index is 1850. The molecule has 1 aromatic carbocycles. The molecule has 1 aliphatic carbocycles. The van der Waals surface area contributed by atoms with Crippen molar-refractivity contribution in [2.75, 3.05) is 0 Å². The van der Waals surface area contributed by atoms with Crippen molar-refractivity contribution < 1.29 is 49.2 Å². The van der Waals surface area contributed by atoms with Gasteiger partial charge in [-0.2, -0.15) is 0 Å². The normalized spacial score (nSPS) is 23.1. The Morgan fingerprint density at radius 2 is 1.40 bits per heavy atom. The molecule has 2 aromatic heterocycles. The summed E-state index contributed by atoms with van der Waals surface area (Å²) in [7, 11) is 0. The van der Waals surface area contributed by atoms with Crippen molar-refractivity contribution in [2.45, 2.75) is 39.4 Å². The van der Waals surface area contributed by atoms with Crippen LogP contribution in [0.5, 0.6) is 23.0 Å². The SMILES string of the molecule is [2H]C([2H])([2H])C([2H])(n1c(-c2c(O)c3cc(O)c(O)cc3n2C([2H])(C([2H])([2H])[2H])C([2H])([2H])[2H])c(O)c2c1=CC(=O)C(=O)C=2)C([2H])([2H])[2H]. The topological polar surface area (TPSA) is 125 Å². The molecule has 3 aromatic rings. The molecule has 0 bridgehead atoms. The lowest BCUT2D eigenvalue weighted by molar-refractivity contribution is -0.129. The molecule has 0 amide bonds. The maximum absolute atomic E-state index is 12.4. The van der Waals surface area contributed by atoms with Gasteiger partial charge in [-0.1, -0.05) is 0 Å². The average molecular weight is 425 g/mol. The maximum Gasteiger partial charge on any atom is 0.227 e. The summed E-state index contributed by atoms with van der Waals surface area (Å²) in [6, 6.07) is -6.64. The summed E-state index contributed by atoms with van der Waals surface area (Å²) >= 11 is 0. The zero-order valence-electron chi connectivity index (χ0n) is 28.8. The summed E-state index contributed by atoms with van der Waals surface area (Å²) < 4.78 is 114. The van der Waals surface area contributed by atoms with Crippen molar-refractivity contribution in [2.24, 2.45) is 0 Å². The van der Waals surface area contributed by atoms with Gasteiger partial charge in [0.2, 0.25) is 11.6 Å². The first-order valence-corrected chi connectivity index (χ1v) is 8.20. The van der Waals surface area contributed by atoms with E-state index in [2.05, 4.69) is 0 Å². The minimum Gasteiger partial charge on any atom is -0.505 e. The zero-order chi connectivity index (χ0) is 33.9. The number of ketones is 2. The highest BCUT2D eigenvalue weighted by atomic mass is 16.3.